The van der Waals surface area contributed by atoms with Crippen LogP contribution in [-0.2, 0) is 14.6 Å². The Morgan fingerprint density at radius 2 is 2.11 bits per heavy atom. The molecule has 6 nitrogen and oxygen atoms in total. The minimum atomic E-state index is -3.85. The van der Waals surface area contributed by atoms with E-state index in [9.17, 15) is 13.2 Å². The maximum absolute atomic E-state index is 12.1. The number of hydrogen-bond acceptors (Lipinski definition) is 5. The van der Waals surface area contributed by atoms with Gasteiger partial charge in [-0.3, -0.25) is 4.79 Å². The number of aliphatic carboxylic acids is 1. The van der Waals surface area contributed by atoms with Gasteiger partial charge in [-0.15, -0.1) is 0 Å². The van der Waals surface area contributed by atoms with E-state index in [0.717, 1.165) is 0 Å². The van der Waals surface area contributed by atoms with Gasteiger partial charge in [0.25, 0.3) is 0 Å². The van der Waals surface area contributed by atoms with Gasteiger partial charge in [-0.1, -0.05) is 0 Å². The highest BCUT2D eigenvalue weighted by Crippen LogP contribution is 2.36. The van der Waals surface area contributed by atoms with Crippen LogP contribution in [0.1, 0.15) is 5.56 Å². The lowest BCUT2D eigenvalue weighted by molar-refractivity contribution is -0.137. The first-order chi connectivity index (χ1) is 8.37. The second-order valence-corrected chi connectivity index (χ2v) is 5.69. The number of sulfone groups is 1. The first-order valence-corrected chi connectivity index (χ1v) is 6.49. The van der Waals surface area contributed by atoms with E-state index in [1.165, 1.54) is 19.3 Å². The van der Waals surface area contributed by atoms with Gasteiger partial charge in [-0.05, 0) is 29.8 Å². The molecule has 0 radical (unpaired) electrons. The number of carboxylic acids is 1. The first-order valence-electron chi connectivity index (χ1n) is 5.01. The lowest BCUT2D eigenvalue weighted by Crippen LogP contribution is -2.34. The number of hydrogen-bond donors (Lipinski definition) is 2. The predicted molar refractivity (Wildman–Crippen MR) is 63.8 cm³/mol. The van der Waals surface area contributed by atoms with Gasteiger partial charge in [0.05, 0.1) is 16.9 Å². The van der Waals surface area contributed by atoms with Crippen LogP contribution in [0.4, 0.5) is 0 Å². The second-order valence-electron chi connectivity index (χ2n) is 3.77. The number of methoxy groups -OCH3 is 1. The van der Waals surface area contributed by atoms with Gasteiger partial charge in [-0.25, -0.2) is 8.42 Å². The summed E-state index contributed by atoms with van der Waals surface area (Å²) in [6, 6.07) is 2.93. The maximum atomic E-state index is 12.1. The molecule has 3 N–H and O–H groups in total. The molecule has 7 heteroatoms. The molecule has 0 bridgehead atoms. The van der Waals surface area contributed by atoms with E-state index >= 15 is 0 Å². The molecule has 0 aromatic heterocycles. The number of ether oxygens (including phenoxy) is 1. The Hall–Kier alpha value is -1.86. The highest BCUT2D eigenvalue weighted by Gasteiger charge is 2.36. The Labute approximate surface area is 104 Å². The molecule has 1 aromatic carbocycles. The molecule has 0 saturated carbocycles. The van der Waals surface area contributed by atoms with Crippen molar-refractivity contribution in [2.24, 2.45) is 5.73 Å². The molecule has 1 aliphatic heterocycles. The molecule has 1 aliphatic rings. The van der Waals surface area contributed by atoms with Crippen LogP contribution in [-0.4, -0.2) is 32.6 Å². The Morgan fingerprint density at radius 1 is 1.44 bits per heavy atom. The Balaban J connectivity index is 2.57. The van der Waals surface area contributed by atoms with E-state index < -0.39 is 21.8 Å². The van der Waals surface area contributed by atoms with Gasteiger partial charge in [0.2, 0.25) is 9.84 Å². The van der Waals surface area contributed by atoms with Gasteiger partial charge in [0, 0.05) is 0 Å². The summed E-state index contributed by atoms with van der Waals surface area (Å²) in [4.78, 5) is 10.5. The van der Waals surface area contributed by atoms with Crippen molar-refractivity contribution in [2.75, 3.05) is 7.11 Å². The Kier molecular flexibility index (Phi) is 2.88. The average molecular weight is 269 g/mol. The zero-order valence-corrected chi connectivity index (χ0v) is 10.3. The summed E-state index contributed by atoms with van der Waals surface area (Å²) in [6.07, 6.45) is 1.28. The minimum absolute atomic E-state index is 0.0218. The van der Waals surface area contributed by atoms with E-state index in [1.54, 1.807) is 12.1 Å². The fourth-order valence-corrected chi connectivity index (χ4v) is 3.41. The number of fused-ring (bicyclic) bond motifs is 1. The lowest BCUT2D eigenvalue weighted by Gasteiger charge is -2.08. The van der Waals surface area contributed by atoms with Gasteiger partial charge in [-0.2, -0.15) is 0 Å². The molecule has 0 amide bonds. The molecule has 2 rings (SSSR count). The summed E-state index contributed by atoms with van der Waals surface area (Å²) in [6.45, 7) is 0. The number of carbonyl (C=O) groups is 1. The van der Waals surface area contributed by atoms with Crippen LogP contribution in [0.25, 0.3) is 6.08 Å². The lowest BCUT2D eigenvalue weighted by atomic mass is 10.1. The fraction of sp³-hybridized carbons (Fsp3) is 0.182. The summed E-state index contributed by atoms with van der Waals surface area (Å²) in [5.74, 6) is -1.000. The van der Waals surface area contributed by atoms with Crippen LogP contribution in [0.3, 0.4) is 0 Å². The average Bonchev–Trinajstić information content (AvgIpc) is 2.59. The van der Waals surface area contributed by atoms with Gasteiger partial charge in [0.1, 0.15) is 11.8 Å². The third-order valence-corrected chi connectivity index (χ3v) is 4.62. The Morgan fingerprint density at radius 3 is 2.67 bits per heavy atom. The van der Waals surface area contributed by atoms with Gasteiger partial charge in [0.15, 0.2) is 0 Å². The fourth-order valence-electron chi connectivity index (χ4n) is 1.73. The topological polar surface area (TPSA) is 107 Å². The summed E-state index contributed by atoms with van der Waals surface area (Å²) >= 11 is 0. The normalized spacial score (nSPS) is 17.8. The van der Waals surface area contributed by atoms with E-state index in [2.05, 4.69) is 0 Å². The third-order valence-electron chi connectivity index (χ3n) is 2.69. The first kappa shape index (κ1) is 12.6. The summed E-state index contributed by atoms with van der Waals surface area (Å²) < 4.78 is 29.2. The number of carboxylic acid groups (broad SMARTS) is 1. The monoisotopic (exact) mass is 269 g/mol. The molecule has 18 heavy (non-hydrogen) atoms. The molecular formula is C11H11NO5S. The van der Waals surface area contributed by atoms with E-state index in [4.69, 9.17) is 15.6 Å². The highest BCUT2D eigenvalue weighted by molar-refractivity contribution is 7.96. The van der Waals surface area contributed by atoms with Crippen molar-refractivity contribution in [1.82, 2.24) is 0 Å². The Bertz CT molecular complexity index is 647. The largest absolute Gasteiger partial charge is 0.497 e. The number of benzene rings is 1. The molecule has 1 atom stereocenters. The molecular weight excluding hydrogens is 258 g/mol. The molecule has 96 valence electrons. The zero-order valence-electron chi connectivity index (χ0n) is 9.45. The highest BCUT2D eigenvalue weighted by atomic mass is 32.2. The zero-order chi connectivity index (χ0) is 13.5. The van der Waals surface area contributed by atoms with Crippen molar-refractivity contribution in [3.63, 3.8) is 0 Å². The number of nitrogens with two attached hydrogens (primary N) is 1. The summed E-state index contributed by atoms with van der Waals surface area (Å²) in [5.41, 5.74) is 5.79. The van der Waals surface area contributed by atoms with Gasteiger partial charge < -0.3 is 15.6 Å². The predicted octanol–water partition coefficient (Wildman–Crippen LogP) is 0.235. The molecule has 1 aromatic rings. The smallest absolute Gasteiger partial charge is 0.325 e. The SMILES string of the molecule is COc1ccc2c(c1)S(=O)(=O)C(C(N)C(=O)O)=C2. The van der Waals surface area contributed by atoms with E-state index in [0.29, 0.717) is 11.3 Å². The molecule has 0 aliphatic carbocycles. The van der Waals surface area contributed by atoms with Crippen molar-refractivity contribution in [1.29, 1.82) is 0 Å². The van der Waals surface area contributed by atoms with Crippen molar-refractivity contribution in [2.45, 2.75) is 10.9 Å². The number of rotatable bonds is 3. The van der Waals surface area contributed by atoms with E-state index in [1.807, 2.05) is 0 Å². The second kappa shape index (κ2) is 4.11. The van der Waals surface area contributed by atoms with Crippen molar-refractivity contribution in [3.05, 3.63) is 28.7 Å². The quantitative estimate of drug-likeness (QED) is 0.813. The van der Waals surface area contributed by atoms with Crippen LogP contribution < -0.4 is 10.5 Å². The molecule has 0 spiro atoms. The van der Waals surface area contributed by atoms with Crippen molar-refractivity contribution < 1.29 is 23.1 Å². The molecule has 1 unspecified atom stereocenters. The van der Waals surface area contributed by atoms with Crippen molar-refractivity contribution >= 4 is 21.9 Å². The molecule has 1 heterocycles. The third kappa shape index (κ3) is 1.77. The van der Waals surface area contributed by atoms with Crippen LogP contribution in [0.2, 0.25) is 0 Å². The van der Waals surface area contributed by atoms with Crippen LogP contribution in [0, 0.1) is 0 Å². The molecule has 0 saturated heterocycles. The summed E-state index contributed by atoms with van der Waals surface area (Å²) in [7, 11) is -2.43. The van der Waals surface area contributed by atoms with Crippen LogP contribution in [0.15, 0.2) is 28.0 Å². The van der Waals surface area contributed by atoms with Gasteiger partial charge >= 0.3 is 5.97 Å². The standard InChI is InChI=1S/C11H11NO5S/c1-17-7-3-2-6-4-9(10(12)11(13)14)18(15,16)8(6)5-7/h2-5,10H,12H2,1H3,(H,13,14). The van der Waals surface area contributed by atoms with Crippen LogP contribution in [0.5, 0.6) is 5.75 Å². The summed E-state index contributed by atoms with van der Waals surface area (Å²) in [5, 5.41) is 8.80. The van der Waals surface area contributed by atoms with E-state index in [-0.39, 0.29) is 9.80 Å². The van der Waals surface area contributed by atoms with Crippen molar-refractivity contribution in [3.8, 4) is 5.75 Å². The van der Waals surface area contributed by atoms with Crippen LogP contribution >= 0.6 is 0 Å². The maximum Gasteiger partial charge on any atom is 0.325 e. The molecule has 0 fully saturated rings. The minimum Gasteiger partial charge on any atom is -0.497 e.